The van der Waals surface area contributed by atoms with Crippen molar-refractivity contribution in [2.24, 2.45) is 0 Å². The first-order valence-corrected chi connectivity index (χ1v) is 12.6. The minimum Gasteiger partial charge on any atom is -0.475 e. The summed E-state index contributed by atoms with van der Waals surface area (Å²) in [5, 5.41) is 14.2. The van der Waals surface area contributed by atoms with Gasteiger partial charge in [-0.3, -0.25) is 4.90 Å². The van der Waals surface area contributed by atoms with Crippen molar-refractivity contribution in [1.82, 2.24) is 14.1 Å². The number of piperidine rings is 1. The van der Waals surface area contributed by atoms with E-state index in [0.717, 1.165) is 52.0 Å². The molecule has 3 fully saturated rings. The highest BCUT2D eigenvalue weighted by molar-refractivity contribution is 7.89. The second kappa shape index (κ2) is 12.7. The Morgan fingerprint density at radius 2 is 1.33 bits per heavy atom. The number of piperazine rings is 1. The molecule has 1 unspecified atom stereocenters. The van der Waals surface area contributed by atoms with Gasteiger partial charge in [-0.15, -0.1) is 0 Å². The largest absolute Gasteiger partial charge is 0.490 e. The number of sulfonamides is 1. The second-order valence-electron chi connectivity index (χ2n) is 8.60. The first-order chi connectivity index (χ1) is 16.3. The van der Waals surface area contributed by atoms with E-state index in [1.165, 1.54) is 0 Å². The van der Waals surface area contributed by atoms with E-state index >= 15 is 0 Å². The highest BCUT2D eigenvalue weighted by Crippen LogP contribution is 2.38. The number of alkyl halides is 6. The van der Waals surface area contributed by atoms with Crippen LogP contribution in [0.15, 0.2) is 0 Å². The number of rotatable bonds is 3. The molecule has 0 radical (unpaired) electrons. The van der Waals surface area contributed by atoms with E-state index in [9.17, 15) is 34.8 Å². The van der Waals surface area contributed by atoms with Gasteiger partial charge in [-0.2, -0.15) is 26.3 Å². The molecule has 36 heavy (non-hydrogen) atoms. The summed E-state index contributed by atoms with van der Waals surface area (Å²) in [6.07, 6.45) is -7.41. The molecule has 1 spiro atoms. The Balaban J connectivity index is 0.000000383. The standard InChI is InChI=1S/C15H29N3O3S.2C2HF3O2/c1-3-22(19,20)18-6-4-15(5-7-18)12-14(13-21-15)17-10-8-16(2)9-11-17;2*3-2(4,5)1(6)7/h14H,3-13H2,1-2H3;2*(H,6,7). The number of nitrogens with zero attached hydrogens (tertiary/aromatic N) is 3. The lowest BCUT2D eigenvalue weighted by atomic mass is 9.88. The lowest BCUT2D eigenvalue weighted by molar-refractivity contribution is -0.193. The summed E-state index contributed by atoms with van der Waals surface area (Å²) in [6, 6.07) is 0.517. The fraction of sp³-hybridized carbons (Fsp3) is 0.895. The third kappa shape index (κ3) is 9.99. The van der Waals surface area contributed by atoms with Crippen LogP contribution in [0.2, 0.25) is 0 Å². The van der Waals surface area contributed by atoms with E-state index in [0.29, 0.717) is 19.1 Å². The third-order valence-electron chi connectivity index (χ3n) is 6.12. The fourth-order valence-electron chi connectivity index (χ4n) is 3.94. The predicted octanol–water partition coefficient (Wildman–Crippen LogP) is 1.47. The first-order valence-electron chi connectivity index (χ1n) is 11.0. The van der Waals surface area contributed by atoms with Crippen molar-refractivity contribution in [2.45, 2.75) is 50.2 Å². The SMILES string of the molecule is CCS(=O)(=O)N1CCC2(CC1)CC(N1CCN(C)CC1)CO2.O=C(O)C(F)(F)F.O=C(O)C(F)(F)F. The summed E-state index contributed by atoms with van der Waals surface area (Å²) in [6.45, 7) is 8.27. The summed E-state index contributed by atoms with van der Waals surface area (Å²) in [7, 11) is -0.871. The van der Waals surface area contributed by atoms with Gasteiger partial charge < -0.3 is 19.8 Å². The van der Waals surface area contributed by atoms with Crippen LogP contribution in [-0.2, 0) is 24.3 Å². The van der Waals surface area contributed by atoms with Crippen molar-refractivity contribution >= 4 is 22.0 Å². The van der Waals surface area contributed by atoms with Crippen molar-refractivity contribution in [1.29, 1.82) is 0 Å². The average molecular weight is 560 g/mol. The number of carboxylic acids is 2. The van der Waals surface area contributed by atoms with Crippen LogP contribution in [0.1, 0.15) is 26.2 Å². The zero-order valence-corrected chi connectivity index (χ0v) is 20.6. The van der Waals surface area contributed by atoms with E-state index in [4.69, 9.17) is 24.5 Å². The van der Waals surface area contributed by atoms with Gasteiger partial charge >= 0.3 is 24.3 Å². The minimum atomic E-state index is -5.08. The van der Waals surface area contributed by atoms with Gasteiger partial charge in [0.1, 0.15) is 0 Å². The second-order valence-corrected chi connectivity index (χ2v) is 10.9. The molecule has 212 valence electrons. The molecule has 0 saturated carbocycles. The topological polar surface area (TPSA) is 128 Å². The third-order valence-corrected chi connectivity index (χ3v) is 8.00. The predicted molar refractivity (Wildman–Crippen MR) is 114 cm³/mol. The molecular weight excluding hydrogens is 528 g/mol. The van der Waals surface area contributed by atoms with Gasteiger partial charge in [0, 0.05) is 45.3 Å². The number of aliphatic carboxylic acids is 2. The Morgan fingerprint density at radius 3 is 1.69 bits per heavy atom. The molecule has 0 aromatic carbocycles. The van der Waals surface area contributed by atoms with E-state index in [2.05, 4.69) is 16.8 Å². The number of carboxylic acid groups (broad SMARTS) is 2. The fourth-order valence-corrected chi connectivity index (χ4v) is 5.05. The lowest BCUT2D eigenvalue weighted by Crippen LogP contribution is -2.50. The molecule has 0 aromatic rings. The summed E-state index contributed by atoms with van der Waals surface area (Å²) in [5.41, 5.74) is -0.0756. The maximum Gasteiger partial charge on any atom is 0.490 e. The number of likely N-dealkylation sites (N-methyl/N-ethyl adjacent to an activating group) is 1. The minimum absolute atomic E-state index is 0.0756. The molecule has 3 saturated heterocycles. The van der Waals surface area contributed by atoms with E-state index in [-0.39, 0.29) is 11.4 Å². The molecule has 3 aliphatic heterocycles. The first kappa shape index (κ1) is 32.3. The molecule has 10 nitrogen and oxygen atoms in total. The quantitative estimate of drug-likeness (QED) is 0.494. The molecule has 3 aliphatic rings. The number of hydrogen-bond acceptors (Lipinski definition) is 7. The van der Waals surface area contributed by atoms with Gasteiger partial charge in [0.05, 0.1) is 18.0 Å². The van der Waals surface area contributed by atoms with Gasteiger partial charge in [0.2, 0.25) is 10.0 Å². The Kier molecular flexibility index (Phi) is 11.4. The molecule has 3 heterocycles. The maximum absolute atomic E-state index is 12.0. The monoisotopic (exact) mass is 559 g/mol. The number of halogens is 6. The van der Waals surface area contributed by atoms with Crippen LogP contribution in [0.25, 0.3) is 0 Å². The van der Waals surface area contributed by atoms with Gasteiger partial charge in [0.25, 0.3) is 0 Å². The van der Waals surface area contributed by atoms with Crippen molar-refractivity contribution in [3.63, 3.8) is 0 Å². The summed E-state index contributed by atoms with van der Waals surface area (Å²) in [5.74, 6) is -5.31. The van der Waals surface area contributed by atoms with Crippen LogP contribution < -0.4 is 0 Å². The Labute approximate surface area is 204 Å². The van der Waals surface area contributed by atoms with Crippen LogP contribution in [0.3, 0.4) is 0 Å². The van der Waals surface area contributed by atoms with Crippen molar-refractivity contribution in [2.75, 3.05) is 58.7 Å². The molecule has 2 N–H and O–H groups in total. The molecule has 1 atom stereocenters. The normalized spacial score (nSPS) is 23.8. The van der Waals surface area contributed by atoms with E-state index < -0.39 is 34.3 Å². The van der Waals surface area contributed by atoms with Crippen molar-refractivity contribution < 1.29 is 59.3 Å². The number of carbonyl (C=O) groups is 2. The molecule has 0 bridgehead atoms. The van der Waals surface area contributed by atoms with E-state index in [1.807, 2.05) is 0 Å². The maximum atomic E-state index is 12.0. The molecule has 17 heteroatoms. The van der Waals surface area contributed by atoms with Gasteiger partial charge in [-0.05, 0) is 33.2 Å². The van der Waals surface area contributed by atoms with Crippen LogP contribution in [-0.4, -0.2) is 127 Å². The smallest absolute Gasteiger partial charge is 0.475 e. The molecular formula is C19H31F6N3O7S. The van der Waals surface area contributed by atoms with Crippen LogP contribution >= 0.6 is 0 Å². The zero-order chi connectivity index (χ0) is 27.9. The van der Waals surface area contributed by atoms with Crippen LogP contribution in [0.5, 0.6) is 0 Å². The highest BCUT2D eigenvalue weighted by Gasteiger charge is 2.46. The summed E-state index contributed by atoms with van der Waals surface area (Å²) in [4.78, 5) is 22.7. The Bertz CT molecular complexity index is 813. The Morgan fingerprint density at radius 1 is 0.917 bits per heavy atom. The van der Waals surface area contributed by atoms with Crippen molar-refractivity contribution in [3.05, 3.63) is 0 Å². The molecule has 0 aromatic heterocycles. The van der Waals surface area contributed by atoms with Gasteiger partial charge in [0.15, 0.2) is 0 Å². The molecule has 0 aliphatic carbocycles. The average Bonchev–Trinajstić information content (AvgIpc) is 3.17. The summed E-state index contributed by atoms with van der Waals surface area (Å²) >= 11 is 0. The molecule has 3 rings (SSSR count). The summed E-state index contributed by atoms with van der Waals surface area (Å²) < 4.78 is 95.3. The zero-order valence-electron chi connectivity index (χ0n) is 19.8. The van der Waals surface area contributed by atoms with E-state index in [1.54, 1.807) is 11.2 Å². The van der Waals surface area contributed by atoms with Crippen molar-refractivity contribution in [3.8, 4) is 0 Å². The number of hydrogen-bond donors (Lipinski definition) is 2. The lowest BCUT2D eigenvalue weighted by Gasteiger charge is -2.39. The van der Waals surface area contributed by atoms with Crippen LogP contribution in [0, 0.1) is 0 Å². The van der Waals surface area contributed by atoms with Gasteiger partial charge in [-0.1, -0.05) is 0 Å². The molecule has 0 amide bonds. The Hall–Kier alpha value is -1.69. The van der Waals surface area contributed by atoms with Crippen LogP contribution in [0.4, 0.5) is 26.3 Å². The van der Waals surface area contributed by atoms with Gasteiger partial charge in [-0.25, -0.2) is 22.3 Å². The highest BCUT2D eigenvalue weighted by atomic mass is 32.2. The number of ether oxygens (including phenoxy) is 1.